The van der Waals surface area contributed by atoms with Crippen LogP contribution in [0.2, 0.25) is 0 Å². The molecule has 1 nitrogen and oxygen atoms in total. The Kier molecular flexibility index (Phi) is 1.23. The molecule has 0 aromatic heterocycles. The summed E-state index contributed by atoms with van der Waals surface area (Å²) in [5, 5.41) is 0. The van der Waals surface area contributed by atoms with Crippen LogP contribution in [0.3, 0.4) is 0 Å². The molecule has 0 N–H and O–H groups in total. The lowest BCUT2D eigenvalue weighted by molar-refractivity contribution is 0.287. The molecule has 3 fully saturated rings. The quantitative estimate of drug-likeness (QED) is 0.454. The molecule has 3 heterocycles. The van der Waals surface area contributed by atoms with E-state index in [0.29, 0.717) is 0 Å². The second-order valence-electron chi connectivity index (χ2n) is 2.67. The Morgan fingerprint density at radius 2 is 2.00 bits per heavy atom. The Hall–Kier alpha value is 0.310. The van der Waals surface area contributed by atoms with E-state index in [0.717, 1.165) is 5.92 Å². The van der Waals surface area contributed by atoms with Gasteiger partial charge in [-0.15, -0.1) is 0 Å². The zero-order valence-corrected chi connectivity index (χ0v) is 5.78. The third kappa shape index (κ3) is 0.759. The molecule has 0 saturated carbocycles. The summed E-state index contributed by atoms with van der Waals surface area (Å²) in [6.45, 7) is 2.71. The van der Waals surface area contributed by atoms with Crippen LogP contribution in [0.4, 0.5) is 0 Å². The molecule has 3 saturated heterocycles. The largest absolute Gasteiger partial charge is 0.251 e. The van der Waals surface area contributed by atoms with Gasteiger partial charge in [-0.05, 0) is 18.8 Å². The predicted molar refractivity (Wildman–Crippen MR) is 36.8 cm³/mol. The van der Waals surface area contributed by atoms with Crippen molar-refractivity contribution in [3.8, 4) is 0 Å². The van der Waals surface area contributed by atoms with Gasteiger partial charge in [0.2, 0.25) is 0 Å². The van der Waals surface area contributed by atoms with Gasteiger partial charge in [0.1, 0.15) is 0 Å². The molecule has 2 bridgehead atoms. The van der Waals surface area contributed by atoms with E-state index >= 15 is 0 Å². The van der Waals surface area contributed by atoms with Crippen molar-refractivity contribution in [3.63, 3.8) is 0 Å². The van der Waals surface area contributed by atoms with Gasteiger partial charge in [0.15, 0.2) is 0 Å². The van der Waals surface area contributed by atoms with Crippen LogP contribution in [0.5, 0.6) is 0 Å². The van der Waals surface area contributed by atoms with E-state index in [9.17, 15) is 0 Å². The van der Waals surface area contributed by atoms with Crippen LogP contribution < -0.4 is 0 Å². The summed E-state index contributed by atoms with van der Waals surface area (Å²) in [6, 6.07) is 0. The highest BCUT2D eigenvalue weighted by Crippen LogP contribution is 2.32. The SMILES string of the molecule is C1CN2CCC1CS2. The third-order valence-electron chi connectivity index (χ3n) is 2.07. The molecule has 0 radical (unpaired) electrons. The number of hydrogen-bond donors (Lipinski definition) is 0. The molecular formula is C6H11NS. The van der Waals surface area contributed by atoms with E-state index in [-0.39, 0.29) is 0 Å². The first-order chi connectivity index (χ1) is 3.95. The highest BCUT2D eigenvalue weighted by Gasteiger charge is 2.25. The molecule has 3 rings (SSSR count). The van der Waals surface area contributed by atoms with Gasteiger partial charge in [0.05, 0.1) is 0 Å². The van der Waals surface area contributed by atoms with Crippen molar-refractivity contribution in [1.82, 2.24) is 4.31 Å². The fourth-order valence-electron chi connectivity index (χ4n) is 1.42. The normalized spacial score (nSPS) is 45.0. The molecule has 8 heavy (non-hydrogen) atoms. The Balaban J connectivity index is 2.03. The van der Waals surface area contributed by atoms with Gasteiger partial charge in [0.25, 0.3) is 0 Å². The van der Waals surface area contributed by atoms with Gasteiger partial charge in [-0.1, -0.05) is 11.9 Å². The fraction of sp³-hybridized carbons (Fsp3) is 1.00. The number of nitrogens with zero attached hydrogens (tertiary/aromatic N) is 1. The molecule has 3 aliphatic rings. The van der Waals surface area contributed by atoms with Crippen LogP contribution in [0.25, 0.3) is 0 Å². The zero-order chi connectivity index (χ0) is 5.40. The van der Waals surface area contributed by atoms with Crippen molar-refractivity contribution in [1.29, 1.82) is 0 Å². The van der Waals surface area contributed by atoms with Gasteiger partial charge in [-0.25, -0.2) is 0 Å². The summed E-state index contributed by atoms with van der Waals surface area (Å²) in [4.78, 5) is 0. The molecule has 0 aromatic rings. The van der Waals surface area contributed by atoms with E-state index < -0.39 is 0 Å². The molecule has 0 aromatic carbocycles. The van der Waals surface area contributed by atoms with Crippen molar-refractivity contribution in [2.24, 2.45) is 5.92 Å². The minimum atomic E-state index is 1.07. The first-order valence-corrected chi connectivity index (χ1v) is 4.27. The van der Waals surface area contributed by atoms with Crippen molar-refractivity contribution in [3.05, 3.63) is 0 Å². The molecule has 2 heteroatoms. The summed E-state index contributed by atoms with van der Waals surface area (Å²) in [5.41, 5.74) is 0. The van der Waals surface area contributed by atoms with E-state index in [4.69, 9.17) is 0 Å². The Bertz CT molecular complexity index is 63.5. The van der Waals surface area contributed by atoms with Crippen molar-refractivity contribution >= 4 is 11.9 Å². The van der Waals surface area contributed by atoms with Gasteiger partial charge < -0.3 is 0 Å². The van der Waals surface area contributed by atoms with Crippen molar-refractivity contribution < 1.29 is 0 Å². The Morgan fingerprint density at radius 1 is 1.25 bits per heavy atom. The van der Waals surface area contributed by atoms with Crippen LogP contribution >= 0.6 is 11.9 Å². The lowest BCUT2D eigenvalue weighted by Gasteiger charge is -2.37. The lowest BCUT2D eigenvalue weighted by Crippen LogP contribution is -2.35. The minimum Gasteiger partial charge on any atom is -0.251 e. The minimum absolute atomic E-state index is 1.07. The lowest BCUT2D eigenvalue weighted by atomic mass is 10.0. The zero-order valence-electron chi connectivity index (χ0n) is 4.97. The maximum atomic E-state index is 2.50. The van der Waals surface area contributed by atoms with Crippen LogP contribution in [0.1, 0.15) is 12.8 Å². The Labute approximate surface area is 54.6 Å². The standard InChI is InChI=1S/C6H11NS/c1-3-7-4-2-6(1)5-8-7/h6H,1-5H2. The number of fused-ring (bicyclic) bond motifs is 3. The van der Waals surface area contributed by atoms with Gasteiger partial charge in [0, 0.05) is 18.8 Å². The highest BCUT2D eigenvalue weighted by molar-refractivity contribution is 7.97. The molecule has 0 atom stereocenters. The molecule has 0 unspecified atom stereocenters. The maximum Gasteiger partial charge on any atom is 0.0110 e. The van der Waals surface area contributed by atoms with Crippen LogP contribution in [0, 0.1) is 5.92 Å². The molecule has 3 aliphatic heterocycles. The highest BCUT2D eigenvalue weighted by atomic mass is 32.2. The summed E-state index contributed by atoms with van der Waals surface area (Å²) in [5.74, 6) is 2.48. The number of rotatable bonds is 0. The third-order valence-corrected chi connectivity index (χ3v) is 3.42. The topological polar surface area (TPSA) is 3.24 Å². The molecule has 0 spiro atoms. The number of hydrogen-bond acceptors (Lipinski definition) is 2. The predicted octanol–water partition coefficient (Wildman–Crippen LogP) is 1.36. The molecule has 0 amide bonds. The molecule has 46 valence electrons. The maximum absolute atomic E-state index is 2.50. The summed E-state index contributed by atoms with van der Waals surface area (Å²) >= 11 is 2.05. The first-order valence-electron chi connectivity index (χ1n) is 3.33. The summed E-state index contributed by atoms with van der Waals surface area (Å²) in [6.07, 6.45) is 2.93. The van der Waals surface area contributed by atoms with Crippen molar-refractivity contribution in [2.45, 2.75) is 12.8 Å². The van der Waals surface area contributed by atoms with Gasteiger partial charge in [-0.2, -0.15) is 0 Å². The average Bonchev–Trinajstić information content (AvgIpc) is 1.92. The van der Waals surface area contributed by atoms with Crippen LogP contribution in [-0.2, 0) is 0 Å². The monoisotopic (exact) mass is 129 g/mol. The summed E-state index contributed by atoms with van der Waals surface area (Å²) in [7, 11) is 0. The molecular weight excluding hydrogens is 118 g/mol. The Morgan fingerprint density at radius 3 is 2.12 bits per heavy atom. The van der Waals surface area contributed by atoms with Crippen LogP contribution in [0.15, 0.2) is 0 Å². The van der Waals surface area contributed by atoms with E-state index in [1.807, 2.05) is 11.9 Å². The van der Waals surface area contributed by atoms with E-state index in [1.54, 1.807) is 0 Å². The second kappa shape index (κ2) is 1.92. The average molecular weight is 129 g/mol. The van der Waals surface area contributed by atoms with E-state index in [1.165, 1.54) is 31.7 Å². The van der Waals surface area contributed by atoms with Crippen molar-refractivity contribution in [2.75, 3.05) is 18.8 Å². The fourth-order valence-corrected chi connectivity index (χ4v) is 2.64. The molecule has 0 aliphatic carbocycles. The first kappa shape index (κ1) is 5.12. The van der Waals surface area contributed by atoms with Gasteiger partial charge >= 0.3 is 0 Å². The smallest absolute Gasteiger partial charge is 0.0110 e. The summed E-state index contributed by atoms with van der Waals surface area (Å²) < 4.78 is 2.50. The van der Waals surface area contributed by atoms with Crippen LogP contribution in [-0.4, -0.2) is 23.1 Å². The second-order valence-corrected chi connectivity index (χ2v) is 3.78. The van der Waals surface area contributed by atoms with Gasteiger partial charge in [-0.3, -0.25) is 4.31 Å². The van der Waals surface area contributed by atoms with E-state index in [2.05, 4.69) is 4.31 Å². The number of piperidine rings is 1.